The van der Waals surface area contributed by atoms with E-state index in [4.69, 9.17) is 17.5 Å². The summed E-state index contributed by atoms with van der Waals surface area (Å²) in [4.78, 5) is 9.47. The summed E-state index contributed by atoms with van der Waals surface area (Å²) < 4.78 is 31.6. The molecule has 0 unspecified atom stereocenters. The minimum atomic E-state index is -4.67. The van der Waals surface area contributed by atoms with Gasteiger partial charge in [-0.3, -0.25) is 13.9 Å². The molecule has 0 saturated carbocycles. The predicted octanol–water partition coefficient (Wildman–Crippen LogP) is -3.88. The Morgan fingerprint density at radius 1 is 1.55 bits per heavy atom. The molecule has 0 saturated heterocycles. The number of amides is 1. The molecule has 0 aromatic rings. The Labute approximate surface area is 87.8 Å². The molecule has 1 amide bonds. The Kier molecular flexibility index (Phi) is 12.8. The number of carbonyl (C=O) groups excluding carboxylic acids is 1. The van der Waals surface area contributed by atoms with Crippen molar-refractivity contribution >= 4 is 16.3 Å². The molecule has 0 spiro atoms. The molecular formula is C3H8NNaO5S. The molecule has 0 rings (SSSR count). The monoisotopic (exact) mass is 193 g/mol. The van der Waals surface area contributed by atoms with Crippen LogP contribution in [0.2, 0.25) is 0 Å². The van der Waals surface area contributed by atoms with Crippen LogP contribution < -0.4 is 35.3 Å². The van der Waals surface area contributed by atoms with E-state index >= 15 is 0 Å². The molecular weight excluding hydrogens is 185 g/mol. The first-order chi connectivity index (χ1) is 4.27. The minimum absolute atomic E-state index is 0. The van der Waals surface area contributed by atoms with Crippen molar-refractivity contribution in [2.45, 2.75) is 0 Å². The van der Waals surface area contributed by atoms with E-state index in [0.717, 1.165) is 6.08 Å². The van der Waals surface area contributed by atoms with Crippen molar-refractivity contribution in [3.05, 3.63) is 12.7 Å². The van der Waals surface area contributed by atoms with Crippen molar-refractivity contribution in [2.75, 3.05) is 0 Å². The summed E-state index contributed by atoms with van der Waals surface area (Å²) in [5.74, 6) is -0.481. The molecule has 62 valence electrons. The Balaban J connectivity index is -0.0000000457. The molecule has 4 N–H and O–H groups in total. The summed E-state index contributed by atoms with van der Waals surface area (Å²) in [6, 6.07) is 0. The average Bonchev–Trinajstić information content (AvgIpc) is 1.61. The standard InChI is InChI=1S/C3H5NO.Na.H2O4S.H/c1-2-3(4)5;;1-5(2,3)4;/h2H,1H2,(H2,4,5);;(H2,1,2,3,4);/q;+1;;-1. The van der Waals surface area contributed by atoms with E-state index in [0.29, 0.717) is 0 Å². The fraction of sp³-hybridized carbons (Fsp3) is 0. The number of rotatable bonds is 1. The van der Waals surface area contributed by atoms with Crippen molar-refractivity contribution in [1.82, 2.24) is 0 Å². The van der Waals surface area contributed by atoms with Gasteiger partial charge in [-0.15, -0.1) is 0 Å². The maximum Gasteiger partial charge on any atom is 1.00 e. The minimum Gasteiger partial charge on any atom is -1.00 e. The third-order valence-electron chi connectivity index (χ3n) is 0.201. The molecule has 0 aliphatic heterocycles. The van der Waals surface area contributed by atoms with Gasteiger partial charge < -0.3 is 7.16 Å². The van der Waals surface area contributed by atoms with Gasteiger partial charge in [0.25, 0.3) is 0 Å². The van der Waals surface area contributed by atoms with Crippen LogP contribution in [0.5, 0.6) is 0 Å². The molecule has 0 fully saturated rings. The molecule has 0 heterocycles. The number of hydrogen-bond donors (Lipinski definition) is 3. The van der Waals surface area contributed by atoms with Crippen LogP contribution >= 0.6 is 0 Å². The van der Waals surface area contributed by atoms with Gasteiger partial charge in [-0.2, -0.15) is 8.42 Å². The van der Waals surface area contributed by atoms with Crippen molar-refractivity contribution < 1.29 is 53.3 Å². The molecule has 0 aromatic heterocycles. The maximum atomic E-state index is 9.47. The fourth-order valence-corrected chi connectivity index (χ4v) is 0. The third kappa shape index (κ3) is 152. The van der Waals surface area contributed by atoms with E-state index in [-0.39, 0.29) is 31.0 Å². The summed E-state index contributed by atoms with van der Waals surface area (Å²) in [6.07, 6.45) is 1.06. The van der Waals surface area contributed by atoms with Gasteiger partial charge in [-0.25, -0.2) is 0 Å². The average molecular weight is 193 g/mol. The summed E-state index contributed by atoms with van der Waals surface area (Å²) >= 11 is 0. The van der Waals surface area contributed by atoms with Crippen molar-refractivity contribution in [3.63, 3.8) is 0 Å². The normalized spacial score (nSPS) is 8.18. The molecule has 0 aliphatic carbocycles. The molecule has 0 aliphatic rings. The number of carbonyl (C=O) groups is 1. The zero-order chi connectivity index (χ0) is 8.78. The van der Waals surface area contributed by atoms with Gasteiger partial charge >= 0.3 is 40.0 Å². The van der Waals surface area contributed by atoms with E-state index in [1.54, 1.807) is 0 Å². The van der Waals surface area contributed by atoms with Gasteiger partial charge in [0.2, 0.25) is 5.91 Å². The largest absolute Gasteiger partial charge is 1.00 e. The molecule has 11 heavy (non-hydrogen) atoms. The molecule has 6 nitrogen and oxygen atoms in total. The van der Waals surface area contributed by atoms with Gasteiger partial charge in [0.05, 0.1) is 0 Å². The SMILES string of the molecule is C=CC(N)=O.O=S(=O)(O)O.[H-].[Na+]. The molecule has 0 radical (unpaired) electrons. The van der Waals surface area contributed by atoms with Gasteiger partial charge in [-0.1, -0.05) is 6.58 Å². The second-order valence-electron chi connectivity index (χ2n) is 1.05. The zero-order valence-corrected chi connectivity index (χ0v) is 8.71. The summed E-state index contributed by atoms with van der Waals surface area (Å²) in [5, 5.41) is 0. The quantitative estimate of drug-likeness (QED) is 0.223. The second kappa shape index (κ2) is 8.18. The molecule has 0 bridgehead atoms. The van der Waals surface area contributed by atoms with Crippen LogP contribution in [0.25, 0.3) is 0 Å². The van der Waals surface area contributed by atoms with Crippen LogP contribution in [0, 0.1) is 0 Å². The van der Waals surface area contributed by atoms with Crippen LogP contribution in [0.4, 0.5) is 0 Å². The Hall–Kier alpha value is 0.0800. The smallest absolute Gasteiger partial charge is 1.00 e. The molecule has 0 aromatic carbocycles. The topological polar surface area (TPSA) is 118 Å². The summed E-state index contributed by atoms with van der Waals surface area (Å²) in [7, 11) is -4.67. The first-order valence-electron chi connectivity index (χ1n) is 1.89. The van der Waals surface area contributed by atoms with E-state index in [1.165, 1.54) is 0 Å². The van der Waals surface area contributed by atoms with E-state index < -0.39 is 16.3 Å². The van der Waals surface area contributed by atoms with Crippen LogP contribution in [-0.4, -0.2) is 23.4 Å². The summed E-state index contributed by atoms with van der Waals surface area (Å²) in [5.41, 5.74) is 4.53. The van der Waals surface area contributed by atoms with Crippen LogP contribution in [-0.2, 0) is 15.2 Å². The second-order valence-corrected chi connectivity index (χ2v) is 1.95. The first kappa shape index (κ1) is 17.2. The first-order valence-corrected chi connectivity index (χ1v) is 3.29. The maximum absolute atomic E-state index is 9.47. The van der Waals surface area contributed by atoms with E-state index in [1.807, 2.05) is 0 Å². The predicted molar refractivity (Wildman–Crippen MR) is 34.7 cm³/mol. The Bertz CT molecular complexity index is 207. The number of primary amides is 1. The fourth-order valence-electron chi connectivity index (χ4n) is 0. The summed E-state index contributed by atoms with van der Waals surface area (Å²) in [6.45, 7) is 3.09. The van der Waals surface area contributed by atoms with Crippen molar-refractivity contribution in [2.24, 2.45) is 5.73 Å². The van der Waals surface area contributed by atoms with Gasteiger partial charge in [0.1, 0.15) is 0 Å². The van der Waals surface area contributed by atoms with Crippen LogP contribution in [0.15, 0.2) is 12.7 Å². The number of hydrogen-bond acceptors (Lipinski definition) is 3. The van der Waals surface area contributed by atoms with Gasteiger partial charge in [-0.05, 0) is 6.08 Å². The van der Waals surface area contributed by atoms with Crippen LogP contribution in [0.3, 0.4) is 0 Å². The third-order valence-corrected chi connectivity index (χ3v) is 0.201. The van der Waals surface area contributed by atoms with Gasteiger partial charge in [0.15, 0.2) is 0 Å². The Morgan fingerprint density at radius 3 is 1.64 bits per heavy atom. The van der Waals surface area contributed by atoms with E-state index in [9.17, 15) is 4.79 Å². The van der Waals surface area contributed by atoms with Gasteiger partial charge in [0, 0.05) is 0 Å². The van der Waals surface area contributed by atoms with E-state index in [2.05, 4.69) is 12.3 Å². The van der Waals surface area contributed by atoms with Crippen molar-refractivity contribution in [1.29, 1.82) is 0 Å². The number of nitrogens with two attached hydrogens (primary N) is 1. The van der Waals surface area contributed by atoms with Crippen molar-refractivity contribution in [3.8, 4) is 0 Å². The molecule has 8 heteroatoms. The zero-order valence-electron chi connectivity index (χ0n) is 6.89. The molecule has 0 atom stereocenters. The Morgan fingerprint density at radius 2 is 1.64 bits per heavy atom. The van der Waals surface area contributed by atoms with Crippen LogP contribution in [0.1, 0.15) is 1.43 Å².